The Balaban J connectivity index is 1.77. The molecule has 3 heterocycles. The maximum atomic E-state index is 12.2. The Morgan fingerprint density at radius 3 is 2.82 bits per heavy atom. The number of carbonyl (C=O) groups is 1. The fourth-order valence-electron chi connectivity index (χ4n) is 4.23. The third kappa shape index (κ3) is 2.89. The van der Waals surface area contributed by atoms with Crippen molar-refractivity contribution in [2.75, 3.05) is 13.1 Å². The highest BCUT2D eigenvalue weighted by atomic mass is 16.2. The van der Waals surface area contributed by atoms with Crippen molar-refractivity contribution in [3.63, 3.8) is 0 Å². The summed E-state index contributed by atoms with van der Waals surface area (Å²) in [7, 11) is 0. The van der Waals surface area contributed by atoms with E-state index in [0.717, 1.165) is 25.9 Å². The average Bonchev–Trinajstić information content (AvgIpc) is 3.22. The number of hydrogen-bond donors (Lipinski definition) is 0. The van der Waals surface area contributed by atoms with E-state index in [1.54, 1.807) is 0 Å². The molecule has 3 atom stereocenters. The summed E-state index contributed by atoms with van der Waals surface area (Å²) in [6.45, 7) is 6.33. The highest BCUT2D eigenvalue weighted by Crippen LogP contribution is 2.35. The van der Waals surface area contributed by atoms with Gasteiger partial charge in [-0.3, -0.25) is 14.7 Å². The third-order valence-electron chi connectivity index (χ3n) is 5.37. The first-order valence-electron chi connectivity index (χ1n) is 8.67. The number of aromatic nitrogens is 1. The van der Waals surface area contributed by atoms with Gasteiger partial charge in [-0.15, -0.1) is 0 Å². The lowest BCUT2D eigenvalue weighted by Gasteiger charge is -2.38. The Bertz CT molecular complexity index is 504. The third-order valence-corrected chi connectivity index (χ3v) is 5.37. The molecule has 1 aromatic rings. The zero-order valence-corrected chi connectivity index (χ0v) is 13.7. The predicted molar refractivity (Wildman–Crippen MR) is 87.4 cm³/mol. The Morgan fingerprint density at radius 2 is 2.09 bits per heavy atom. The average molecular weight is 301 g/mol. The molecule has 2 saturated heterocycles. The molecule has 2 aliphatic heterocycles. The Hall–Kier alpha value is -1.42. The normalized spacial score (nSPS) is 27.3. The maximum Gasteiger partial charge on any atom is 0.222 e. The summed E-state index contributed by atoms with van der Waals surface area (Å²) in [5.41, 5.74) is 1.28. The molecule has 0 saturated carbocycles. The molecule has 0 bridgehead atoms. The van der Waals surface area contributed by atoms with Gasteiger partial charge in [0.25, 0.3) is 0 Å². The van der Waals surface area contributed by atoms with Gasteiger partial charge in [-0.25, -0.2) is 0 Å². The van der Waals surface area contributed by atoms with Crippen LogP contribution in [0.4, 0.5) is 0 Å². The first-order chi connectivity index (χ1) is 10.7. The molecule has 0 aromatic carbocycles. The Kier molecular flexibility index (Phi) is 4.77. The second-order valence-corrected chi connectivity index (χ2v) is 6.56. The quantitative estimate of drug-likeness (QED) is 0.858. The SMILES string of the molecule is CCC(=O)N1CCC[C@@H]1[C@@H]1CCCN1[C@H](C)c1cccnc1. The van der Waals surface area contributed by atoms with Gasteiger partial charge in [0.05, 0.1) is 0 Å². The second-order valence-electron chi connectivity index (χ2n) is 6.56. The van der Waals surface area contributed by atoms with E-state index in [-0.39, 0.29) is 0 Å². The van der Waals surface area contributed by atoms with E-state index in [4.69, 9.17) is 0 Å². The molecular formula is C18H27N3O. The number of rotatable bonds is 4. The Labute approximate surface area is 133 Å². The van der Waals surface area contributed by atoms with E-state index in [1.165, 1.54) is 18.4 Å². The van der Waals surface area contributed by atoms with Crippen LogP contribution in [-0.2, 0) is 4.79 Å². The molecule has 2 fully saturated rings. The van der Waals surface area contributed by atoms with Gasteiger partial charge in [0.15, 0.2) is 0 Å². The van der Waals surface area contributed by atoms with Crippen molar-refractivity contribution in [1.29, 1.82) is 0 Å². The van der Waals surface area contributed by atoms with Crippen molar-refractivity contribution in [3.05, 3.63) is 30.1 Å². The van der Waals surface area contributed by atoms with Crippen LogP contribution in [0.3, 0.4) is 0 Å². The lowest BCUT2D eigenvalue weighted by Crippen LogP contribution is -2.48. The largest absolute Gasteiger partial charge is 0.338 e. The number of pyridine rings is 1. The van der Waals surface area contributed by atoms with Crippen molar-refractivity contribution >= 4 is 5.91 Å². The molecule has 0 radical (unpaired) electrons. The molecule has 120 valence electrons. The predicted octanol–water partition coefficient (Wildman–Crippen LogP) is 3.01. The number of likely N-dealkylation sites (tertiary alicyclic amines) is 2. The van der Waals surface area contributed by atoms with Crippen LogP contribution in [0.25, 0.3) is 0 Å². The molecule has 2 aliphatic rings. The minimum atomic E-state index is 0.323. The summed E-state index contributed by atoms with van der Waals surface area (Å²) in [4.78, 5) is 21.2. The van der Waals surface area contributed by atoms with Gasteiger partial charge in [-0.2, -0.15) is 0 Å². The van der Waals surface area contributed by atoms with Crippen LogP contribution in [0.15, 0.2) is 24.5 Å². The molecule has 0 spiro atoms. The van der Waals surface area contributed by atoms with Gasteiger partial charge >= 0.3 is 0 Å². The van der Waals surface area contributed by atoms with E-state index >= 15 is 0 Å². The van der Waals surface area contributed by atoms with Crippen LogP contribution in [0.1, 0.15) is 57.6 Å². The number of amides is 1. The number of nitrogens with zero attached hydrogens (tertiary/aromatic N) is 3. The highest BCUT2D eigenvalue weighted by Gasteiger charge is 2.40. The molecule has 1 aromatic heterocycles. The first-order valence-corrected chi connectivity index (χ1v) is 8.67. The van der Waals surface area contributed by atoms with Crippen LogP contribution in [0.5, 0.6) is 0 Å². The second kappa shape index (κ2) is 6.78. The lowest BCUT2D eigenvalue weighted by atomic mass is 10.00. The van der Waals surface area contributed by atoms with Crippen molar-refractivity contribution < 1.29 is 4.79 Å². The fraction of sp³-hybridized carbons (Fsp3) is 0.667. The standard InChI is InChI=1S/C18H27N3O/c1-3-18(22)21-12-6-9-17(21)16-8-5-11-20(16)14(2)15-7-4-10-19-13-15/h4,7,10,13-14,16-17H,3,5-6,8-9,11-12H2,1-2H3/t14-,16+,17-/m1/s1. The Morgan fingerprint density at radius 1 is 1.32 bits per heavy atom. The van der Waals surface area contributed by atoms with Crippen LogP contribution >= 0.6 is 0 Å². The molecule has 0 unspecified atom stereocenters. The van der Waals surface area contributed by atoms with E-state index in [2.05, 4.69) is 27.8 Å². The maximum absolute atomic E-state index is 12.2. The van der Waals surface area contributed by atoms with Gasteiger partial charge in [-0.1, -0.05) is 13.0 Å². The molecule has 1 amide bonds. The fourth-order valence-corrected chi connectivity index (χ4v) is 4.23. The number of carbonyl (C=O) groups excluding carboxylic acids is 1. The highest BCUT2D eigenvalue weighted by molar-refractivity contribution is 5.76. The molecule has 3 rings (SSSR count). The van der Waals surface area contributed by atoms with Crippen molar-refractivity contribution in [1.82, 2.24) is 14.8 Å². The van der Waals surface area contributed by atoms with Crippen LogP contribution in [0.2, 0.25) is 0 Å². The summed E-state index contributed by atoms with van der Waals surface area (Å²) >= 11 is 0. The minimum absolute atomic E-state index is 0.323. The molecule has 4 heteroatoms. The minimum Gasteiger partial charge on any atom is -0.338 e. The van der Waals surface area contributed by atoms with Gasteiger partial charge in [0, 0.05) is 43.5 Å². The zero-order chi connectivity index (χ0) is 15.5. The molecule has 0 aliphatic carbocycles. The van der Waals surface area contributed by atoms with Gasteiger partial charge in [-0.05, 0) is 50.8 Å². The van der Waals surface area contributed by atoms with Crippen molar-refractivity contribution in [3.8, 4) is 0 Å². The van der Waals surface area contributed by atoms with Gasteiger partial charge < -0.3 is 4.90 Å². The smallest absolute Gasteiger partial charge is 0.222 e. The number of hydrogen-bond acceptors (Lipinski definition) is 3. The van der Waals surface area contributed by atoms with E-state index in [9.17, 15) is 4.79 Å². The van der Waals surface area contributed by atoms with Crippen molar-refractivity contribution in [2.24, 2.45) is 0 Å². The molecular weight excluding hydrogens is 274 g/mol. The van der Waals surface area contributed by atoms with E-state index in [0.29, 0.717) is 30.5 Å². The monoisotopic (exact) mass is 301 g/mol. The van der Waals surface area contributed by atoms with Crippen LogP contribution in [-0.4, -0.2) is 45.9 Å². The summed E-state index contributed by atoms with van der Waals surface area (Å²) in [6, 6.07) is 5.47. The molecule has 22 heavy (non-hydrogen) atoms. The summed E-state index contributed by atoms with van der Waals surface area (Å²) in [5.74, 6) is 0.323. The van der Waals surface area contributed by atoms with E-state index in [1.807, 2.05) is 25.4 Å². The van der Waals surface area contributed by atoms with Crippen LogP contribution < -0.4 is 0 Å². The summed E-state index contributed by atoms with van der Waals surface area (Å²) < 4.78 is 0. The zero-order valence-electron chi connectivity index (χ0n) is 13.7. The van der Waals surface area contributed by atoms with Gasteiger partial charge in [0.1, 0.15) is 0 Å². The van der Waals surface area contributed by atoms with Gasteiger partial charge in [0.2, 0.25) is 5.91 Å². The van der Waals surface area contributed by atoms with Crippen LogP contribution in [0, 0.1) is 0 Å². The topological polar surface area (TPSA) is 36.4 Å². The lowest BCUT2D eigenvalue weighted by molar-refractivity contribution is -0.132. The van der Waals surface area contributed by atoms with E-state index < -0.39 is 0 Å². The van der Waals surface area contributed by atoms with Crippen molar-refractivity contribution in [2.45, 2.75) is 64.1 Å². The summed E-state index contributed by atoms with van der Waals surface area (Å²) in [6.07, 6.45) is 9.19. The molecule has 0 N–H and O–H groups in total. The first kappa shape index (κ1) is 15.5. The summed E-state index contributed by atoms with van der Waals surface area (Å²) in [5, 5.41) is 0. The molecule has 4 nitrogen and oxygen atoms in total.